The molecule has 3 N–H and O–H groups in total. The summed E-state index contributed by atoms with van der Waals surface area (Å²) in [4.78, 5) is 6.81. The fraction of sp³-hybridized carbons (Fsp3) is 0.476. The Kier molecular flexibility index (Phi) is 7.83. The molecule has 148 valence electrons. The van der Waals surface area contributed by atoms with Gasteiger partial charge >= 0.3 is 0 Å². The van der Waals surface area contributed by atoms with Crippen LogP contribution in [-0.4, -0.2) is 49.7 Å². The molecule has 2 aromatic rings. The van der Waals surface area contributed by atoms with Crippen molar-refractivity contribution in [3.05, 3.63) is 57.8 Å². The van der Waals surface area contributed by atoms with Gasteiger partial charge < -0.3 is 20.6 Å². The molecule has 1 aromatic heterocycles. The van der Waals surface area contributed by atoms with E-state index < -0.39 is 5.60 Å². The molecule has 27 heavy (non-hydrogen) atoms. The molecule has 1 aromatic carbocycles. The van der Waals surface area contributed by atoms with Crippen molar-refractivity contribution in [2.45, 2.75) is 32.4 Å². The number of aliphatic hydroxyl groups is 1. The van der Waals surface area contributed by atoms with Gasteiger partial charge in [-0.15, -0.1) is 0 Å². The molecule has 0 radical (unpaired) electrons. The maximum Gasteiger partial charge on any atom is 0.191 e. The molecule has 0 aliphatic heterocycles. The lowest BCUT2D eigenvalue weighted by atomic mass is 10.00. The van der Waals surface area contributed by atoms with Gasteiger partial charge in [0, 0.05) is 13.1 Å². The minimum atomic E-state index is -0.972. The Balaban J connectivity index is 2.06. The van der Waals surface area contributed by atoms with E-state index in [2.05, 4.69) is 65.8 Å². The van der Waals surface area contributed by atoms with Crippen molar-refractivity contribution in [3.8, 4) is 0 Å². The summed E-state index contributed by atoms with van der Waals surface area (Å²) in [6.07, 6.45) is 0. The van der Waals surface area contributed by atoms with Gasteiger partial charge in [0.2, 0.25) is 0 Å². The second-order valence-corrected chi connectivity index (χ2v) is 8.03. The number of nitrogens with zero attached hydrogens (tertiary/aromatic N) is 2. The van der Waals surface area contributed by atoms with Crippen molar-refractivity contribution in [1.29, 1.82) is 0 Å². The van der Waals surface area contributed by atoms with E-state index in [4.69, 9.17) is 0 Å². The lowest BCUT2D eigenvalue weighted by Crippen LogP contribution is -2.42. The van der Waals surface area contributed by atoms with Gasteiger partial charge in [0.25, 0.3) is 0 Å². The fourth-order valence-electron chi connectivity index (χ4n) is 2.82. The zero-order chi connectivity index (χ0) is 19.9. The number of nitrogens with one attached hydrogen (secondary N) is 2. The third-order valence-corrected chi connectivity index (χ3v) is 5.26. The van der Waals surface area contributed by atoms with Crippen LogP contribution in [0.15, 0.2) is 46.1 Å². The molecule has 0 saturated heterocycles. The largest absolute Gasteiger partial charge is 0.383 e. The standard InChI is InChI=1S/C21H32N4OS/c1-6-22-20(24-15-21(3,26)18-11-12-27-14-18)23-13-19(25(4)5)17-9-7-16(2)8-10-17/h7-12,14,19,26H,6,13,15H2,1-5H3,(H2,22,23,24). The summed E-state index contributed by atoms with van der Waals surface area (Å²) >= 11 is 1.58. The molecule has 0 fully saturated rings. The molecule has 2 atom stereocenters. The van der Waals surface area contributed by atoms with Gasteiger partial charge in [-0.05, 0) is 62.8 Å². The first kappa shape index (κ1) is 21.4. The summed E-state index contributed by atoms with van der Waals surface area (Å²) < 4.78 is 0. The van der Waals surface area contributed by atoms with Crippen molar-refractivity contribution in [1.82, 2.24) is 15.5 Å². The molecular weight excluding hydrogens is 356 g/mol. The van der Waals surface area contributed by atoms with Gasteiger partial charge in [0.15, 0.2) is 5.96 Å². The number of rotatable bonds is 8. The average Bonchev–Trinajstić information content (AvgIpc) is 3.16. The number of thiophene rings is 1. The predicted molar refractivity (Wildman–Crippen MR) is 115 cm³/mol. The molecule has 5 nitrogen and oxygen atoms in total. The Morgan fingerprint density at radius 1 is 1.22 bits per heavy atom. The molecular formula is C21H32N4OS. The molecule has 0 bridgehead atoms. The highest BCUT2D eigenvalue weighted by molar-refractivity contribution is 7.08. The SMILES string of the molecule is CCNC(=NCC(C)(O)c1ccsc1)NCC(c1ccc(C)cc1)N(C)C. The van der Waals surface area contributed by atoms with E-state index in [1.165, 1.54) is 11.1 Å². The Morgan fingerprint density at radius 2 is 1.93 bits per heavy atom. The van der Waals surface area contributed by atoms with E-state index in [1.807, 2.05) is 23.8 Å². The molecule has 0 saturated carbocycles. The molecule has 6 heteroatoms. The summed E-state index contributed by atoms with van der Waals surface area (Å²) in [5.41, 5.74) is 2.45. The van der Waals surface area contributed by atoms with Crippen molar-refractivity contribution in [3.63, 3.8) is 0 Å². The summed E-state index contributed by atoms with van der Waals surface area (Å²) in [5.74, 6) is 0.715. The first-order chi connectivity index (χ1) is 12.8. The second kappa shape index (κ2) is 9.88. The Hall–Kier alpha value is -1.89. The first-order valence-electron chi connectivity index (χ1n) is 9.33. The van der Waals surface area contributed by atoms with Crippen LogP contribution in [0.4, 0.5) is 0 Å². The van der Waals surface area contributed by atoms with Crippen LogP contribution in [0.1, 0.15) is 36.6 Å². The average molecular weight is 389 g/mol. The summed E-state index contributed by atoms with van der Waals surface area (Å²) in [6, 6.07) is 10.8. The van der Waals surface area contributed by atoms with Gasteiger partial charge in [-0.25, -0.2) is 4.99 Å². The van der Waals surface area contributed by atoms with Crippen LogP contribution in [0.3, 0.4) is 0 Å². The zero-order valence-corrected chi connectivity index (χ0v) is 17.8. The summed E-state index contributed by atoms with van der Waals surface area (Å²) in [7, 11) is 4.16. The quantitative estimate of drug-likeness (QED) is 0.480. The minimum Gasteiger partial charge on any atom is -0.383 e. The lowest BCUT2D eigenvalue weighted by Gasteiger charge is -2.26. The van der Waals surface area contributed by atoms with E-state index >= 15 is 0 Å². The molecule has 0 amide bonds. The fourth-order valence-corrected chi connectivity index (χ4v) is 3.60. The van der Waals surface area contributed by atoms with E-state index in [1.54, 1.807) is 18.3 Å². The first-order valence-corrected chi connectivity index (χ1v) is 10.3. The number of hydrogen-bond acceptors (Lipinski definition) is 4. The van der Waals surface area contributed by atoms with E-state index in [0.717, 1.165) is 18.7 Å². The van der Waals surface area contributed by atoms with Crippen molar-refractivity contribution in [2.24, 2.45) is 4.99 Å². The molecule has 2 rings (SSSR count). The van der Waals surface area contributed by atoms with Crippen molar-refractivity contribution >= 4 is 17.3 Å². The van der Waals surface area contributed by atoms with Crippen LogP contribution in [0.2, 0.25) is 0 Å². The van der Waals surface area contributed by atoms with Crippen LogP contribution >= 0.6 is 11.3 Å². The monoisotopic (exact) mass is 388 g/mol. The Labute approximate surface area is 167 Å². The molecule has 1 heterocycles. The van der Waals surface area contributed by atoms with Gasteiger partial charge in [-0.2, -0.15) is 11.3 Å². The lowest BCUT2D eigenvalue weighted by molar-refractivity contribution is 0.0677. The highest BCUT2D eigenvalue weighted by Crippen LogP contribution is 2.23. The highest BCUT2D eigenvalue weighted by Gasteiger charge is 2.23. The van der Waals surface area contributed by atoms with Crippen LogP contribution < -0.4 is 10.6 Å². The van der Waals surface area contributed by atoms with Crippen LogP contribution in [0.25, 0.3) is 0 Å². The smallest absolute Gasteiger partial charge is 0.191 e. The van der Waals surface area contributed by atoms with Crippen LogP contribution in [0, 0.1) is 6.92 Å². The number of aliphatic imine (C=N–C) groups is 1. The van der Waals surface area contributed by atoms with Crippen LogP contribution in [-0.2, 0) is 5.60 Å². The van der Waals surface area contributed by atoms with Crippen LogP contribution in [0.5, 0.6) is 0 Å². The predicted octanol–water partition coefficient (Wildman–Crippen LogP) is 3.12. The summed E-state index contributed by atoms with van der Waals surface area (Å²) in [6.45, 7) is 7.74. The van der Waals surface area contributed by atoms with Gasteiger partial charge in [-0.1, -0.05) is 29.8 Å². The number of aryl methyl sites for hydroxylation is 1. The number of likely N-dealkylation sites (N-methyl/N-ethyl adjacent to an activating group) is 1. The van der Waals surface area contributed by atoms with Gasteiger partial charge in [0.05, 0.1) is 12.6 Å². The van der Waals surface area contributed by atoms with Gasteiger partial charge in [-0.3, -0.25) is 0 Å². The van der Waals surface area contributed by atoms with Crippen molar-refractivity contribution < 1.29 is 5.11 Å². The highest BCUT2D eigenvalue weighted by atomic mass is 32.1. The minimum absolute atomic E-state index is 0.229. The topological polar surface area (TPSA) is 59.9 Å². The Morgan fingerprint density at radius 3 is 2.48 bits per heavy atom. The van der Waals surface area contributed by atoms with Crippen molar-refractivity contribution in [2.75, 3.05) is 33.7 Å². The van der Waals surface area contributed by atoms with E-state index in [9.17, 15) is 5.11 Å². The Bertz CT molecular complexity index is 708. The van der Waals surface area contributed by atoms with E-state index in [0.29, 0.717) is 12.5 Å². The summed E-state index contributed by atoms with van der Waals surface area (Å²) in [5, 5.41) is 21.3. The zero-order valence-electron chi connectivity index (χ0n) is 17.0. The third-order valence-electron chi connectivity index (χ3n) is 4.58. The number of benzene rings is 1. The van der Waals surface area contributed by atoms with E-state index in [-0.39, 0.29) is 6.04 Å². The second-order valence-electron chi connectivity index (χ2n) is 7.25. The maximum absolute atomic E-state index is 10.7. The normalized spacial score (nSPS) is 15.4. The molecule has 0 aliphatic carbocycles. The number of hydrogen-bond donors (Lipinski definition) is 3. The maximum atomic E-state index is 10.7. The molecule has 0 aliphatic rings. The molecule has 2 unspecified atom stereocenters. The third kappa shape index (κ3) is 6.34. The van der Waals surface area contributed by atoms with Gasteiger partial charge in [0.1, 0.15) is 5.60 Å². The molecule has 0 spiro atoms. The number of guanidine groups is 1.